The van der Waals surface area contributed by atoms with Crippen molar-refractivity contribution in [2.45, 2.75) is 11.8 Å². The van der Waals surface area contributed by atoms with Gasteiger partial charge in [0.25, 0.3) is 23.4 Å². The first-order valence-electron chi connectivity index (χ1n) is 11.8. The third-order valence-electron chi connectivity index (χ3n) is 7.59. The number of hydrogen-bond acceptors (Lipinski definition) is 7. The maximum Gasteiger partial charge on any atom is 0.284 e. The van der Waals surface area contributed by atoms with Crippen LogP contribution in [-0.4, -0.2) is 32.8 Å². The number of aliphatic hydroxyl groups is 1. The second-order valence-corrected chi connectivity index (χ2v) is 9.36. The van der Waals surface area contributed by atoms with Crippen molar-refractivity contribution in [3.8, 4) is 6.07 Å². The Bertz CT molecular complexity index is 1520. The molecule has 1 aliphatic heterocycles. The number of benzene rings is 3. The van der Waals surface area contributed by atoms with Gasteiger partial charge in [0.05, 0.1) is 16.8 Å². The molecule has 7 rings (SSSR count). The molecular formula is C28H18N4O6. The van der Waals surface area contributed by atoms with E-state index in [1.807, 2.05) is 48.5 Å². The minimum absolute atomic E-state index is 0.0148. The summed E-state index contributed by atoms with van der Waals surface area (Å²) in [7, 11) is 0. The summed E-state index contributed by atoms with van der Waals surface area (Å²) in [6, 6.07) is 21.6. The predicted molar refractivity (Wildman–Crippen MR) is 132 cm³/mol. The highest BCUT2D eigenvalue weighted by atomic mass is 16.6. The fourth-order valence-corrected chi connectivity index (χ4v) is 6.04. The van der Waals surface area contributed by atoms with Gasteiger partial charge in [-0.05, 0) is 34.4 Å². The van der Waals surface area contributed by atoms with Crippen molar-refractivity contribution in [2.75, 3.05) is 0 Å². The van der Waals surface area contributed by atoms with Crippen LogP contribution in [0.25, 0.3) is 5.76 Å². The molecule has 3 amide bonds. The van der Waals surface area contributed by atoms with Crippen LogP contribution in [-0.2, 0) is 14.4 Å². The topological polar surface area (TPSA) is 154 Å². The van der Waals surface area contributed by atoms with Gasteiger partial charge in [-0.15, -0.1) is 0 Å². The maximum absolute atomic E-state index is 13.6. The van der Waals surface area contributed by atoms with Crippen LogP contribution in [0.1, 0.15) is 39.7 Å². The average molecular weight is 506 g/mol. The number of aliphatic hydroxyl groups excluding tert-OH is 1. The second-order valence-electron chi connectivity index (χ2n) is 9.36. The number of carbonyl (C=O) groups excluding carboxylic acids is 3. The van der Waals surface area contributed by atoms with E-state index in [1.165, 1.54) is 12.1 Å². The van der Waals surface area contributed by atoms with Crippen LogP contribution in [0.5, 0.6) is 0 Å². The molecule has 10 nitrogen and oxygen atoms in total. The van der Waals surface area contributed by atoms with Crippen LogP contribution >= 0.6 is 0 Å². The molecule has 1 saturated heterocycles. The van der Waals surface area contributed by atoms with E-state index in [9.17, 15) is 34.9 Å². The first kappa shape index (κ1) is 23.1. The fourth-order valence-electron chi connectivity index (χ4n) is 6.04. The fraction of sp³-hybridized carbons (Fsp3) is 0.143. The minimum Gasteiger partial charge on any atom is -0.506 e. The van der Waals surface area contributed by atoms with Crippen molar-refractivity contribution in [3.63, 3.8) is 0 Å². The zero-order valence-corrected chi connectivity index (χ0v) is 19.6. The number of amides is 3. The number of carbonyl (C=O) groups is 3. The maximum atomic E-state index is 13.6. The van der Waals surface area contributed by atoms with Gasteiger partial charge in [0.15, 0.2) is 5.57 Å². The molecule has 4 aliphatic rings. The van der Waals surface area contributed by atoms with E-state index in [-0.39, 0.29) is 23.1 Å². The highest BCUT2D eigenvalue weighted by Gasteiger charge is 2.62. The summed E-state index contributed by atoms with van der Waals surface area (Å²) >= 11 is 0. The van der Waals surface area contributed by atoms with Gasteiger partial charge >= 0.3 is 0 Å². The molecule has 38 heavy (non-hydrogen) atoms. The summed E-state index contributed by atoms with van der Waals surface area (Å²) < 4.78 is 0. The van der Waals surface area contributed by atoms with Crippen molar-refractivity contribution in [1.29, 1.82) is 5.26 Å². The lowest BCUT2D eigenvalue weighted by Gasteiger charge is -2.45. The number of imide groups is 1. The van der Waals surface area contributed by atoms with Gasteiger partial charge in [0.2, 0.25) is 0 Å². The SMILES string of the molecule is N#CC(C(=O)NN1C(=O)C2C3c4ccccc4C(c4ccccc43)C2C1=O)=C(O)c1ccc([N+](=O)[O-])cc1. The van der Waals surface area contributed by atoms with Crippen LogP contribution < -0.4 is 5.43 Å². The third-order valence-corrected chi connectivity index (χ3v) is 7.59. The van der Waals surface area contributed by atoms with E-state index < -0.39 is 45.8 Å². The average Bonchev–Trinajstić information content (AvgIpc) is 3.18. The largest absolute Gasteiger partial charge is 0.506 e. The number of nitro groups is 1. The predicted octanol–water partition coefficient (Wildman–Crippen LogP) is 3.31. The van der Waals surface area contributed by atoms with Crippen molar-refractivity contribution in [3.05, 3.63) is 116 Å². The molecule has 2 atom stereocenters. The quantitative estimate of drug-likeness (QED) is 0.137. The lowest BCUT2D eigenvalue weighted by atomic mass is 9.55. The van der Waals surface area contributed by atoms with E-state index >= 15 is 0 Å². The number of hydrazine groups is 1. The van der Waals surface area contributed by atoms with Crippen molar-refractivity contribution in [2.24, 2.45) is 11.8 Å². The van der Waals surface area contributed by atoms with Gasteiger partial charge in [-0.3, -0.25) is 29.9 Å². The Hall–Kier alpha value is -5.30. The molecule has 186 valence electrons. The smallest absolute Gasteiger partial charge is 0.284 e. The number of non-ortho nitro benzene ring substituents is 1. The minimum atomic E-state index is -1.15. The van der Waals surface area contributed by atoms with Gasteiger partial charge in [-0.25, -0.2) is 0 Å². The monoisotopic (exact) mass is 506 g/mol. The van der Waals surface area contributed by atoms with Crippen LogP contribution in [0, 0.1) is 33.3 Å². The van der Waals surface area contributed by atoms with Gasteiger partial charge in [-0.1, -0.05) is 48.5 Å². The normalized spacial score (nSPS) is 23.1. The van der Waals surface area contributed by atoms with Gasteiger partial charge < -0.3 is 5.11 Å². The van der Waals surface area contributed by atoms with E-state index in [1.54, 1.807) is 6.07 Å². The van der Waals surface area contributed by atoms with Gasteiger partial charge in [-0.2, -0.15) is 10.3 Å². The van der Waals surface area contributed by atoms with E-state index in [0.717, 1.165) is 34.4 Å². The number of nitrogens with one attached hydrogen (secondary N) is 1. The Morgan fingerprint density at radius 2 is 1.32 bits per heavy atom. The summed E-state index contributed by atoms with van der Waals surface area (Å²) in [6.45, 7) is 0. The molecule has 10 heteroatoms. The lowest BCUT2D eigenvalue weighted by Crippen LogP contribution is -2.47. The molecule has 0 saturated carbocycles. The number of hydrogen-bond donors (Lipinski definition) is 2. The van der Waals surface area contributed by atoms with Gasteiger partial charge in [0, 0.05) is 29.5 Å². The standard InChI is InChI=1S/C28H18N4O6/c29-13-20(25(33)14-9-11-15(12-10-14)32(37)38)26(34)30-31-27(35)23-21-16-5-1-2-6-17(16)22(24(23)28(31)36)19-8-4-3-7-18(19)21/h1-12,21-24,33H,(H,30,34). The summed E-state index contributed by atoms with van der Waals surface area (Å²) in [5, 5.41) is 31.7. The van der Waals surface area contributed by atoms with Crippen molar-refractivity contribution < 1.29 is 24.4 Å². The third kappa shape index (κ3) is 3.15. The molecule has 2 unspecified atom stereocenters. The Kier molecular flexibility index (Phi) is 5.10. The van der Waals surface area contributed by atoms with E-state index in [2.05, 4.69) is 5.43 Å². The molecule has 3 aliphatic carbocycles. The summed E-state index contributed by atoms with van der Waals surface area (Å²) in [5.74, 6) is -5.24. The summed E-state index contributed by atoms with van der Waals surface area (Å²) in [6.07, 6.45) is 0. The van der Waals surface area contributed by atoms with Crippen LogP contribution in [0.4, 0.5) is 5.69 Å². The lowest BCUT2D eigenvalue weighted by molar-refractivity contribution is -0.384. The van der Waals surface area contributed by atoms with E-state index in [4.69, 9.17) is 0 Å². The molecule has 1 fully saturated rings. The first-order valence-corrected chi connectivity index (χ1v) is 11.8. The van der Waals surface area contributed by atoms with E-state index in [0.29, 0.717) is 5.01 Å². The van der Waals surface area contributed by atoms with Gasteiger partial charge in [0.1, 0.15) is 11.8 Å². The first-order chi connectivity index (χ1) is 18.3. The Morgan fingerprint density at radius 3 is 1.71 bits per heavy atom. The molecule has 2 N–H and O–H groups in total. The molecule has 3 aromatic rings. The molecule has 0 radical (unpaired) electrons. The molecule has 0 aromatic heterocycles. The zero-order valence-electron chi connectivity index (χ0n) is 19.6. The molecule has 2 bridgehead atoms. The number of nitriles is 1. The molecule has 1 heterocycles. The van der Waals surface area contributed by atoms with Crippen molar-refractivity contribution >= 4 is 29.2 Å². The molecular weight excluding hydrogens is 488 g/mol. The highest BCUT2D eigenvalue weighted by molar-refractivity contribution is 6.11. The zero-order chi connectivity index (χ0) is 26.7. The number of rotatable bonds is 4. The Labute approximate surface area is 215 Å². The van der Waals surface area contributed by atoms with Crippen LogP contribution in [0.2, 0.25) is 0 Å². The Morgan fingerprint density at radius 1 is 0.868 bits per heavy atom. The summed E-state index contributed by atoms with van der Waals surface area (Å²) in [4.78, 5) is 50.5. The summed E-state index contributed by atoms with van der Waals surface area (Å²) in [5.41, 5.74) is 5.12. The second kappa shape index (κ2) is 8.38. The molecule has 0 spiro atoms. The Balaban J connectivity index is 1.34. The number of nitrogens with zero attached hydrogens (tertiary/aromatic N) is 3. The molecule has 3 aromatic carbocycles. The highest BCUT2D eigenvalue weighted by Crippen LogP contribution is 2.60. The number of nitro benzene ring substituents is 1. The van der Waals surface area contributed by atoms with Crippen molar-refractivity contribution in [1.82, 2.24) is 10.4 Å². The van der Waals surface area contributed by atoms with Crippen LogP contribution in [0.3, 0.4) is 0 Å². The van der Waals surface area contributed by atoms with Crippen LogP contribution in [0.15, 0.2) is 78.4 Å².